The maximum absolute atomic E-state index is 12.7. The van der Waals surface area contributed by atoms with E-state index in [-0.39, 0.29) is 17.6 Å². The van der Waals surface area contributed by atoms with Gasteiger partial charge in [0, 0.05) is 17.8 Å². The van der Waals surface area contributed by atoms with E-state index in [0.29, 0.717) is 23.1 Å². The average Bonchev–Trinajstić information content (AvgIpc) is 3.17. The monoisotopic (exact) mass is 448 g/mol. The molecular formula is C21H28N4O3S2. The van der Waals surface area contributed by atoms with Crippen LogP contribution in [-0.4, -0.2) is 39.0 Å². The van der Waals surface area contributed by atoms with Crippen LogP contribution in [0.25, 0.3) is 0 Å². The fourth-order valence-electron chi connectivity index (χ4n) is 4.12. The highest BCUT2D eigenvalue weighted by molar-refractivity contribution is 7.99. The first-order valence-corrected chi connectivity index (χ1v) is 12.5. The summed E-state index contributed by atoms with van der Waals surface area (Å²) in [4.78, 5) is 26.5. The Balaban J connectivity index is 1.47. The van der Waals surface area contributed by atoms with Crippen molar-refractivity contribution in [1.82, 2.24) is 14.8 Å². The molecule has 1 N–H and O–H groups in total. The van der Waals surface area contributed by atoms with E-state index in [1.807, 2.05) is 0 Å². The van der Waals surface area contributed by atoms with E-state index in [1.54, 1.807) is 6.92 Å². The van der Waals surface area contributed by atoms with Crippen LogP contribution in [0.15, 0.2) is 5.16 Å². The van der Waals surface area contributed by atoms with Crippen molar-refractivity contribution in [3.8, 4) is 0 Å². The SMILES string of the molecule is CCOC(=O)c1c(NC(=O)CSc2nnc3n2CCCCC3)sc2c1CCC(C)C2. The molecule has 0 aromatic carbocycles. The Bertz CT molecular complexity index is 937. The molecule has 1 aliphatic carbocycles. The van der Waals surface area contributed by atoms with Crippen LogP contribution >= 0.6 is 23.1 Å². The maximum atomic E-state index is 12.7. The van der Waals surface area contributed by atoms with Crippen LogP contribution in [0, 0.1) is 5.92 Å². The molecule has 2 aromatic rings. The molecule has 9 heteroatoms. The molecule has 1 aliphatic heterocycles. The Morgan fingerprint density at radius 1 is 1.27 bits per heavy atom. The standard InChI is InChI=1S/C21H28N4O3S2/c1-3-28-20(27)18-14-9-8-13(2)11-15(14)30-19(18)22-17(26)12-29-21-24-23-16-7-5-4-6-10-25(16)21/h13H,3-12H2,1-2H3,(H,22,26). The molecule has 0 fully saturated rings. The highest BCUT2D eigenvalue weighted by Crippen LogP contribution is 2.40. The highest BCUT2D eigenvalue weighted by Gasteiger charge is 2.29. The highest BCUT2D eigenvalue weighted by atomic mass is 32.2. The minimum Gasteiger partial charge on any atom is -0.462 e. The van der Waals surface area contributed by atoms with Gasteiger partial charge in [0.2, 0.25) is 5.91 Å². The third kappa shape index (κ3) is 4.56. The van der Waals surface area contributed by atoms with Crippen molar-refractivity contribution in [2.45, 2.75) is 70.5 Å². The number of anilines is 1. The normalized spacial score (nSPS) is 18.3. The first-order valence-electron chi connectivity index (χ1n) is 10.7. The van der Waals surface area contributed by atoms with Crippen molar-refractivity contribution in [3.63, 3.8) is 0 Å². The average molecular weight is 449 g/mol. The summed E-state index contributed by atoms with van der Waals surface area (Å²) in [6.45, 7) is 5.26. The summed E-state index contributed by atoms with van der Waals surface area (Å²) in [5, 5.41) is 13.0. The lowest BCUT2D eigenvalue weighted by atomic mass is 9.88. The number of nitrogens with zero attached hydrogens (tertiary/aromatic N) is 3. The molecule has 4 rings (SSSR count). The van der Waals surface area contributed by atoms with Crippen LogP contribution in [0.5, 0.6) is 0 Å². The molecule has 3 heterocycles. The number of hydrogen-bond acceptors (Lipinski definition) is 7. The first kappa shape index (κ1) is 21.4. The van der Waals surface area contributed by atoms with E-state index in [9.17, 15) is 9.59 Å². The molecule has 0 spiro atoms. The van der Waals surface area contributed by atoms with Crippen LogP contribution < -0.4 is 5.32 Å². The molecule has 0 saturated heterocycles. The number of hydrogen-bond donors (Lipinski definition) is 1. The quantitative estimate of drug-likeness (QED) is 0.529. The van der Waals surface area contributed by atoms with Crippen molar-refractivity contribution < 1.29 is 14.3 Å². The zero-order valence-corrected chi connectivity index (χ0v) is 19.2. The molecule has 2 aliphatic rings. The molecular weight excluding hydrogens is 420 g/mol. The number of nitrogens with one attached hydrogen (secondary N) is 1. The van der Waals surface area contributed by atoms with Crippen LogP contribution in [0.2, 0.25) is 0 Å². The summed E-state index contributed by atoms with van der Waals surface area (Å²) in [7, 11) is 0. The third-order valence-electron chi connectivity index (χ3n) is 5.65. The zero-order valence-electron chi connectivity index (χ0n) is 17.5. The zero-order chi connectivity index (χ0) is 21.1. The maximum Gasteiger partial charge on any atom is 0.341 e. The van der Waals surface area contributed by atoms with E-state index < -0.39 is 0 Å². The lowest BCUT2D eigenvalue weighted by Crippen LogP contribution is -2.18. The minimum atomic E-state index is -0.338. The Morgan fingerprint density at radius 2 is 2.13 bits per heavy atom. The second kappa shape index (κ2) is 9.51. The van der Waals surface area contributed by atoms with Crippen LogP contribution in [-0.2, 0) is 35.3 Å². The first-order chi connectivity index (χ1) is 14.6. The van der Waals surface area contributed by atoms with Gasteiger partial charge in [-0.25, -0.2) is 4.79 Å². The molecule has 1 amide bonds. The second-order valence-electron chi connectivity index (χ2n) is 7.97. The number of carbonyl (C=O) groups is 2. The summed E-state index contributed by atoms with van der Waals surface area (Å²) >= 11 is 2.93. The summed E-state index contributed by atoms with van der Waals surface area (Å²) in [5.74, 6) is 1.37. The fraction of sp³-hybridized carbons (Fsp3) is 0.619. The predicted molar refractivity (Wildman–Crippen MR) is 118 cm³/mol. The van der Waals surface area contributed by atoms with E-state index >= 15 is 0 Å². The summed E-state index contributed by atoms with van der Waals surface area (Å²) < 4.78 is 7.42. The lowest BCUT2D eigenvalue weighted by molar-refractivity contribution is -0.113. The number of thioether (sulfide) groups is 1. The summed E-state index contributed by atoms with van der Waals surface area (Å²) in [6.07, 6.45) is 7.26. The van der Waals surface area contributed by atoms with Gasteiger partial charge in [0.05, 0.1) is 17.9 Å². The van der Waals surface area contributed by atoms with Crippen molar-refractivity contribution in [2.75, 3.05) is 17.7 Å². The molecule has 0 saturated carbocycles. The van der Waals surface area contributed by atoms with E-state index in [1.165, 1.54) is 34.4 Å². The second-order valence-corrected chi connectivity index (χ2v) is 10.0. The predicted octanol–water partition coefficient (Wildman–Crippen LogP) is 4.10. The van der Waals surface area contributed by atoms with Gasteiger partial charge in [-0.3, -0.25) is 4.79 Å². The Hall–Kier alpha value is -1.87. The Labute approximate surface area is 185 Å². The molecule has 0 radical (unpaired) electrons. The van der Waals surface area contributed by atoms with Crippen molar-refractivity contribution in [2.24, 2.45) is 5.92 Å². The molecule has 30 heavy (non-hydrogen) atoms. The molecule has 0 bridgehead atoms. The molecule has 1 unspecified atom stereocenters. The van der Waals surface area contributed by atoms with Crippen LogP contribution in [0.1, 0.15) is 66.2 Å². The van der Waals surface area contributed by atoms with Gasteiger partial charge in [-0.15, -0.1) is 21.5 Å². The van der Waals surface area contributed by atoms with E-state index in [0.717, 1.165) is 61.6 Å². The van der Waals surface area contributed by atoms with Gasteiger partial charge in [0.25, 0.3) is 0 Å². The number of aromatic nitrogens is 3. The fourth-order valence-corrected chi connectivity index (χ4v) is 6.31. The third-order valence-corrected chi connectivity index (χ3v) is 7.79. The number of esters is 1. The number of thiophene rings is 1. The molecule has 162 valence electrons. The van der Waals surface area contributed by atoms with Crippen molar-refractivity contribution in [3.05, 3.63) is 21.8 Å². The number of amides is 1. The smallest absolute Gasteiger partial charge is 0.341 e. The van der Waals surface area contributed by atoms with E-state index in [2.05, 4.69) is 27.0 Å². The van der Waals surface area contributed by atoms with Gasteiger partial charge in [-0.2, -0.15) is 0 Å². The summed E-state index contributed by atoms with van der Waals surface area (Å²) in [5.41, 5.74) is 1.61. The Kier molecular flexibility index (Phi) is 6.77. The summed E-state index contributed by atoms with van der Waals surface area (Å²) in [6, 6.07) is 0. The molecule has 1 atom stereocenters. The van der Waals surface area contributed by atoms with Gasteiger partial charge in [0.1, 0.15) is 10.8 Å². The van der Waals surface area contributed by atoms with Crippen LogP contribution in [0.4, 0.5) is 5.00 Å². The lowest BCUT2D eigenvalue weighted by Gasteiger charge is -2.18. The van der Waals surface area contributed by atoms with Crippen molar-refractivity contribution >= 4 is 40.0 Å². The number of aryl methyl sites for hydroxylation is 1. The molecule has 7 nitrogen and oxygen atoms in total. The largest absolute Gasteiger partial charge is 0.462 e. The van der Waals surface area contributed by atoms with Gasteiger partial charge < -0.3 is 14.6 Å². The topological polar surface area (TPSA) is 86.1 Å². The van der Waals surface area contributed by atoms with Crippen LogP contribution in [0.3, 0.4) is 0 Å². The van der Waals surface area contributed by atoms with Gasteiger partial charge in [-0.1, -0.05) is 25.1 Å². The Morgan fingerprint density at radius 3 is 2.97 bits per heavy atom. The van der Waals surface area contributed by atoms with Gasteiger partial charge in [-0.05, 0) is 50.5 Å². The number of carbonyl (C=O) groups excluding carboxylic acids is 2. The minimum absolute atomic E-state index is 0.136. The van der Waals surface area contributed by atoms with Gasteiger partial charge >= 0.3 is 5.97 Å². The number of fused-ring (bicyclic) bond motifs is 2. The van der Waals surface area contributed by atoms with Gasteiger partial charge in [0.15, 0.2) is 5.16 Å². The van der Waals surface area contributed by atoms with E-state index in [4.69, 9.17) is 4.74 Å². The van der Waals surface area contributed by atoms with Crippen molar-refractivity contribution in [1.29, 1.82) is 0 Å². The number of ether oxygens (including phenoxy) is 1. The molecule has 2 aromatic heterocycles. The number of rotatable bonds is 6.